The molecular weight excluding hydrogens is 118 g/mol. The zero-order valence-electron chi connectivity index (χ0n) is 5.72. The van der Waals surface area contributed by atoms with E-state index in [-0.39, 0.29) is 6.61 Å². The lowest BCUT2D eigenvalue weighted by Crippen LogP contribution is -2.18. The summed E-state index contributed by atoms with van der Waals surface area (Å²) < 4.78 is 4.86. The number of primary amides is 1. The maximum atomic E-state index is 10.1. The Bertz CT molecular complexity index is 83.1. The molecule has 0 heterocycles. The van der Waals surface area contributed by atoms with Crippen molar-refractivity contribution in [2.75, 3.05) is 13.2 Å². The highest BCUT2D eigenvalue weighted by atomic mass is 16.5. The van der Waals surface area contributed by atoms with Crippen LogP contribution in [0.3, 0.4) is 0 Å². The van der Waals surface area contributed by atoms with E-state index in [0.717, 1.165) is 12.8 Å². The van der Waals surface area contributed by atoms with E-state index in [9.17, 15) is 4.79 Å². The topological polar surface area (TPSA) is 52.3 Å². The van der Waals surface area contributed by atoms with E-state index in [1.54, 1.807) is 0 Å². The van der Waals surface area contributed by atoms with Crippen molar-refractivity contribution >= 4 is 5.91 Å². The van der Waals surface area contributed by atoms with Crippen molar-refractivity contribution in [1.82, 2.24) is 0 Å². The van der Waals surface area contributed by atoms with Gasteiger partial charge in [-0.15, -0.1) is 0 Å². The molecule has 0 aliphatic rings. The highest BCUT2D eigenvalue weighted by Gasteiger charge is 1.90. The normalized spacial score (nSPS) is 9.44. The summed E-state index contributed by atoms with van der Waals surface area (Å²) in [5.41, 5.74) is 4.81. The van der Waals surface area contributed by atoms with Crippen LogP contribution < -0.4 is 5.73 Å². The molecule has 0 saturated carbocycles. The van der Waals surface area contributed by atoms with Crippen molar-refractivity contribution in [2.24, 2.45) is 5.73 Å². The third-order valence-electron chi connectivity index (χ3n) is 0.887. The minimum atomic E-state index is -0.397. The van der Waals surface area contributed by atoms with Crippen molar-refractivity contribution in [3.8, 4) is 0 Å². The second-order valence-corrected chi connectivity index (χ2v) is 1.87. The predicted octanol–water partition coefficient (Wildman–Crippen LogP) is 0.288. The van der Waals surface area contributed by atoms with E-state index in [4.69, 9.17) is 10.5 Å². The second kappa shape index (κ2) is 5.56. The minimum Gasteiger partial charge on any atom is -0.372 e. The first-order valence-corrected chi connectivity index (χ1v) is 3.13. The molecule has 1 amide bonds. The summed E-state index contributed by atoms with van der Waals surface area (Å²) in [6, 6.07) is 0. The van der Waals surface area contributed by atoms with E-state index in [1.165, 1.54) is 0 Å². The quantitative estimate of drug-likeness (QED) is 0.545. The summed E-state index contributed by atoms with van der Waals surface area (Å²) in [6.45, 7) is 2.76. The molecular formula is C6H13NO2. The fraction of sp³-hybridized carbons (Fsp3) is 0.833. The van der Waals surface area contributed by atoms with Crippen LogP contribution in [-0.2, 0) is 9.53 Å². The van der Waals surface area contributed by atoms with Crippen molar-refractivity contribution in [3.63, 3.8) is 0 Å². The Kier molecular flexibility index (Phi) is 5.21. The third-order valence-corrected chi connectivity index (χ3v) is 0.887. The number of rotatable bonds is 5. The standard InChI is InChI=1S/C6H13NO2/c1-2-3-4-9-5-6(7)8/h2-5H2,1H3,(H2,7,8). The molecule has 0 aromatic heterocycles. The molecule has 3 heteroatoms. The van der Waals surface area contributed by atoms with Crippen molar-refractivity contribution in [2.45, 2.75) is 19.8 Å². The summed E-state index contributed by atoms with van der Waals surface area (Å²) in [4.78, 5) is 10.1. The zero-order chi connectivity index (χ0) is 7.11. The number of carbonyl (C=O) groups is 1. The van der Waals surface area contributed by atoms with Gasteiger partial charge in [0.25, 0.3) is 0 Å². The van der Waals surface area contributed by atoms with Gasteiger partial charge in [-0.2, -0.15) is 0 Å². The maximum absolute atomic E-state index is 10.1. The first-order chi connectivity index (χ1) is 4.27. The van der Waals surface area contributed by atoms with Gasteiger partial charge in [-0.1, -0.05) is 13.3 Å². The number of ether oxygens (including phenoxy) is 1. The van der Waals surface area contributed by atoms with Crippen LogP contribution >= 0.6 is 0 Å². The number of nitrogens with two attached hydrogens (primary N) is 1. The summed E-state index contributed by atoms with van der Waals surface area (Å²) in [5, 5.41) is 0. The molecule has 0 aromatic rings. The van der Waals surface area contributed by atoms with Gasteiger partial charge in [0.15, 0.2) is 0 Å². The van der Waals surface area contributed by atoms with Gasteiger partial charge in [0, 0.05) is 6.61 Å². The number of unbranched alkanes of at least 4 members (excludes halogenated alkanes) is 1. The molecule has 0 atom stereocenters. The van der Waals surface area contributed by atoms with Gasteiger partial charge in [0.2, 0.25) is 5.91 Å². The molecule has 0 fully saturated rings. The van der Waals surface area contributed by atoms with Crippen LogP contribution in [0.15, 0.2) is 0 Å². The van der Waals surface area contributed by atoms with Gasteiger partial charge in [0.05, 0.1) is 0 Å². The fourth-order valence-corrected chi connectivity index (χ4v) is 0.419. The van der Waals surface area contributed by atoms with E-state index in [0.29, 0.717) is 6.61 Å². The minimum absolute atomic E-state index is 0.0556. The lowest BCUT2D eigenvalue weighted by molar-refractivity contribution is -0.122. The van der Waals surface area contributed by atoms with E-state index in [1.807, 2.05) is 0 Å². The Labute approximate surface area is 55.2 Å². The molecule has 0 saturated heterocycles. The predicted molar refractivity (Wildman–Crippen MR) is 34.9 cm³/mol. The number of hydrogen-bond donors (Lipinski definition) is 1. The van der Waals surface area contributed by atoms with Crippen LogP contribution in [0.4, 0.5) is 0 Å². The average molecular weight is 131 g/mol. The van der Waals surface area contributed by atoms with Crippen molar-refractivity contribution in [3.05, 3.63) is 0 Å². The lowest BCUT2D eigenvalue weighted by atomic mass is 10.4. The molecule has 0 aliphatic carbocycles. The van der Waals surface area contributed by atoms with Gasteiger partial charge in [-0.05, 0) is 6.42 Å². The molecule has 54 valence electrons. The fourth-order valence-electron chi connectivity index (χ4n) is 0.419. The monoisotopic (exact) mass is 131 g/mol. The molecule has 0 spiro atoms. The van der Waals surface area contributed by atoms with Crippen LogP contribution in [0.2, 0.25) is 0 Å². The third kappa shape index (κ3) is 7.43. The number of amides is 1. The lowest BCUT2D eigenvalue weighted by Gasteiger charge is -1.97. The summed E-state index contributed by atoms with van der Waals surface area (Å²) in [6.07, 6.45) is 2.08. The Morgan fingerprint density at radius 1 is 1.67 bits per heavy atom. The first-order valence-electron chi connectivity index (χ1n) is 3.13. The largest absolute Gasteiger partial charge is 0.372 e. The molecule has 3 nitrogen and oxygen atoms in total. The Balaban J connectivity index is 2.83. The van der Waals surface area contributed by atoms with Gasteiger partial charge >= 0.3 is 0 Å². The highest BCUT2D eigenvalue weighted by Crippen LogP contribution is 1.86. The van der Waals surface area contributed by atoms with Crippen LogP contribution in [0.1, 0.15) is 19.8 Å². The SMILES string of the molecule is CCCCOCC(N)=O. The van der Waals surface area contributed by atoms with Gasteiger partial charge in [0.1, 0.15) is 6.61 Å². The van der Waals surface area contributed by atoms with Gasteiger partial charge in [-0.25, -0.2) is 0 Å². The van der Waals surface area contributed by atoms with E-state index < -0.39 is 5.91 Å². The molecule has 9 heavy (non-hydrogen) atoms. The van der Waals surface area contributed by atoms with Crippen LogP contribution in [0.5, 0.6) is 0 Å². The maximum Gasteiger partial charge on any atom is 0.243 e. The molecule has 0 aliphatic heterocycles. The molecule has 0 bridgehead atoms. The van der Waals surface area contributed by atoms with Gasteiger partial charge < -0.3 is 10.5 Å². The van der Waals surface area contributed by atoms with E-state index >= 15 is 0 Å². The molecule has 0 radical (unpaired) electrons. The number of carbonyl (C=O) groups excluding carboxylic acids is 1. The van der Waals surface area contributed by atoms with Crippen LogP contribution in [0.25, 0.3) is 0 Å². The zero-order valence-corrected chi connectivity index (χ0v) is 5.72. The number of hydrogen-bond acceptors (Lipinski definition) is 2. The summed E-state index contributed by atoms with van der Waals surface area (Å²) >= 11 is 0. The highest BCUT2D eigenvalue weighted by molar-refractivity contribution is 5.74. The van der Waals surface area contributed by atoms with Crippen LogP contribution in [-0.4, -0.2) is 19.1 Å². The summed E-state index contributed by atoms with van der Waals surface area (Å²) in [7, 11) is 0. The first kappa shape index (κ1) is 8.43. The Morgan fingerprint density at radius 3 is 2.78 bits per heavy atom. The molecule has 0 rings (SSSR count). The Morgan fingerprint density at radius 2 is 2.33 bits per heavy atom. The van der Waals surface area contributed by atoms with E-state index in [2.05, 4.69) is 6.92 Å². The molecule has 2 N–H and O–H groups in total. The van der Waals surface area contributed by atoms with Crippen molar-refractivity contribution in [1.29, 1.82) is 0 Å². The Hall–Kier alpha value is -0.570. The van der Waals surface area contributed by atoms with Crippen molar-refractivity contribution < 1.29 is 9.53 Å². The van der Waals surface area contributed by atoms with Crippen LogP contribution in [0, 0.1) is 0 Å². The van der Waals surface area contributed by atoms with Gasteiger partial charge in [-0.3, -0.25) is 4.79 Å². The smallest absolute Gasteiger partial charge is 0.243 e. The molecule has 0 aromatic carbocycles. The average Bonchev–Trinajstić information content (AvgIpc) is 1.80. The summed E-state index contributed by atoms with van der Waals surface area (Å²) in [5.74, 6) is -0.397. The second-order valence-electron chi connectivity index (χ2n) is 1.87. The molecule has 0 unspecified atom stereocenters.